The van der Waals surface area contributed by atoms with Gasteiger partial charge in [-0.1, -0.05) is 30.3 Å². The number of ether oxygens (including phenoxy) is 1. The highest BCUT2D eigenvalue weighted by atomic mass is 16.5. The van der Waals surface area contributed by atoms with Gasteiger partial charge in [0.05, 0.1) is 13.7 Å². The van der Waals surface area contributed by atoms with Crippen LogP contribution in [0.25, 0.3) is 0 Å². The highest BCUT2D eigenvalue weighted by Gasteiger charge is 2.14. The molecule has 1 amide bonds. The molecule has 1 unspecified atom stereocenters. The van der Waals surface area contributed by atoms with Crippen molar-refractivity contribution in [1.29, 1.82) is 0 Å². The summed E-state index contributed by atoms with van der Waals surface area (Å²) < 4.78 is 4.64. The second kappa shape index (κ2) is 9.09. The Hall–Kier alpha value is -1.88. The average molecular weight is 278 g/mol. The van der Waals surface area contributed by atoms with E-state index >= 15 is 0 Å². The molecule has 1 aromatic carbocycles. The predicted molar refractivity (Wildman–Crippen MR) is 77.3 cm³/mol. The Kier molecular flexibility index (Phi) is 7.35. The number of amides is 1. The molecule has 0 fully saturated rings. The van der Waals surface area contributed by atoms with Crippen LogP contribution in [-0.2, 0) is 20.7 Å². The summed E-state index contributed by atoms with van der Waals surface area (Å²) in [4.78, 5) is 22.9. The third kappa shape index (κ3) is 6.33. The maximum atomic E-state index is 11.7. The largest absolute Gasteiger partial charge is 0.469 e. The second-order valence-corrected chi connectivity index (χ2v) is 4.60. The zero-order valence-corrected chi connectivity index (χ0v) is 12.0. The van der Waals surface area contributed by atoms with Gasteiger partial charge in [0.25, 0.3) is 0 Å². The van der Waals surface area contributed by atoms with Crippen molar-refractivity contribution in [3.63, 3.8) is 0 Å². The molecule has 0 spiro atoms. The Morgan fingerprint density at radius 3 is 2.55 bits per heavy atom. The summed E-state index contributed by atoms with van der Waals surface area (Å²) in [6.45, 7) is 0.267. The number of hydrogen-bond acceptors (Lipinski definition) is 4. The fourth-order valence-corrected chi connectivity index (χ4v) is 1.96. The van der Waals surface area contributed by atoms with E-state index < -0.39 is 0 Å². The Labute approximate surface area is 119 Å². The minimum atomic E-state index is -0.258. The molecule has 0 heterocycles. The third-order valence-electron chi connectivity index (χ3n) is 2.95. The molecule has 0 saturated carbocycles. The molecule has 20 heavy (non-hydrogen) atoms. The lowest BCUT2D eigenvalue weighted by Crippen LogP contribution is -2.41. The number of hydrogen-bond donors (Lipinski definition) is 2. The van der Waals surface area contributed by atoms with Crippen LogP contribution < -0.4 is 10.6 Å². The van der Waals surface area contributed by atoms with E-state index in [9.17, 15) is 9.59 Å². The van der Waals surface area contributed by atoms with Crippen LogP contribution in [0.2, 0.25) is 0 Å². The zero-order chi connectivity index (χ0) is 14.8. The van der Waals surface area contributed by atoms with Gasteiger partial charge in [-0.15, -0.1) is 0 Å². The molecule has 5 nitrogen and oxygen atoms in total. The first kappa shape index (κ1) is 16.2. The van der Waals surface area contributed by atoms with Gasteiger partial charge in [-0.05, 0) is 25.5 Å². The highest BCUT2D eigenvalue weighted by molar-refractivity contribution is 5.78. The second-order valence-electron chi connectivity index (χ2n) is 4.60. The van der Waals surface area contributed by atoms with E-state index in [0.717, 1.165) is 5.56 Å². The number of rotatable bonds is 8. The first-order chi connectivity index (χ1) is 9.65. The van der Waals surface area contributed by atoms with E-state index in [1.54, 1.807) is 7.05 Å². The van der Waals surface area contributed by atoms with Gasteiger partial charge >= 0.3 is 5.97 Å². The van der Waals surface area contributed by atoms with Crippen LogP contribution in [0.15, 0.2) is 30.3 Å². The average Bonchev–Trinajstić information content (AvgIpc) is 2.45. The summed E-state index contributed by atoms with van der Waals surface area (Å²) in [5, 5.41) is 5.75. The van der Waals surface area contributed by atoms with Gasteiger partial charge in [-0.3, -0.25) is 9.59 Å². The van der Waals surface area contributed by atoms with Crippen molar-refractivity contribution in [3.8, 4) is 0 Å². The van der Waals surface area contributed by atoms with Crippen molar-refractivity contribution in [1.82, 2.24) is 10.6 Å². The molecule has 2 N–H and O–H groups in total. The summed E-state index contributed by atoms with van der Waals surface area (Å²) in [5.41, 5.74) is 1.13. The van der Waals surface area contributed by atoms with Gasteiger partial charge in [0.15, 0.2) is 0 Å². The van der Waals surface area contributed by atoms with Crippen LogP contribution in [0, 0.1) is 0 Å². The normalized spacial score (nSPS) is 11.7. The van der Waals surface area contributed by atoms with E-state index in [4.69, 9.17) is 0 Å². The van der Waals surface area contributed by atoms with Gasteiger partial charge < -0.3 is 15.4 Å². The molecule has 0 radical (unpaired) electrons. The van der Waals surface area contributed by atoms with Gasteiger partial charge in [-0.25, -0.2) is 0 Å². The molecule has 0 saturated heterocycles. The van der Waals surface area contributed by atoms with Crippen molar-refractivity contribution in [2.75, 3.05) is 20.7 Å². The Bertz CT molecular complexity index is 420. The van der Waals surface area contributed by atoms with Crippen molar-refractivity contribution < 1.29 is 14.3 Å². The SMILES string of the molecule is CNCC(=O)NC(CCC(=O)OC)Cc1ccccc1. The van der Waals surface area contributed by atoms with Crippen LogP contribution in [0.5, 0.6) is 0 Å². The first-order valence-electron chi connectivity index (χ1n) is 6.70. The van der Waals surface area contributed by atoms with E-state index in [-0.39, 0.29) is 24.5 Å². The van der Waals surface area contributed by atoms with Crippen LogP contribution in [-0.4, -0.2) is 38.6 Å². The van der Waals surface area contributed by atoms with Crippen LogP contribution >= 0.6 is 0 Å². The van der Waals surface area contributed by atoms with E-state index in [0.29, 0.717) is 19.3 Å². The standard InChI is InChI=1S/C15H22N2O3/c1-16-11-14(18)17-13(8-9-15(19)20-2)10-12-6-4-3-5-7-12/h3-7,13,16H,8-11H2,1-2H3,(H,17,18). The van der Waals surface area contributed by atoms with Crippen LogP contribution in [0.1, 0.15) is 18.4 Å². The van der Waals surface area contributed by atoms with Gasteiger partial charge in [0, 0.05) is 12.5 Å². The van der Waals surface area contributed by atoms with E-state index in [1.165, 1.54) is 7.11 Å². The smallest absolute Gasteiger partial charge is 0.305 e. The number of nitrogens with one attached hydrogen (secondary N) is 2. The Morgan fingerprint density at radius 2 is 1.95 bits per heavy atom. The summed E-state index contributed by atoms with van der Waals surface area (Å²) in [6, 6.07) is 9.82. The van der Waals surface area contributed by atoms with Gasteiger partial charge in [0.1, 0.15) is 0 Å². The fraction of sp³-hybridized carbons (Fsp3) is 0.467. The molecule has 110 valence electrons. The number of esters is 1. The topological polar surface area (TPSA) is 67.4 Å². The van der Waals surface area contributed by atoms with Crippen molar-refractivity contribution in [2.45, 2.75) is 25.3 Å². The fourth-order valence-electron chi connectivity index (χ4n) is 1.96. The molecule has 0 aliphatic rings. The molecule has 0 aromatic heterocycles. The third-order valence-corrected chi connectivity index (χ3v) is 2.95. The monoisotopic (exact) mass is 278 g/mol. The number of benzene rings is 1. The van der Waals surface area contributed by atoms with Gasteiger partial charge in [0.2, 0.25) is 5.91 Å². The molecule has 5 heteroatoms. The Balaban J connectivity index is 2.58. The molecular weight excluding hydrogens is 256 g/mol. The summed E-state index contributed by atoms with van der Waals surface area (Å²) >= 11 is 0. The Morgan fingerprint density at radius 1 is 1.25 bits per heavy atom. The lowest BCUT2D eigenvalue weighted by Gasteiger charge is -2.18. The quantitative estimate of drug-likeness (QED) is 0.693. The van der Waals surface area contributed by atoms with Crippen molar-refractivity contribution in [2.24, 2.45) is 0 Å². The zero-order valence-electron chi connectivity index (χ0n) is 12.0. The summed E-state index contributed by atoms with van der Waals surface area (Å²) in [5.74, 6) is -0.329. The van der Waals surface area contributed by atoms with E-state index in [2.05, 4.69) is 15.4 Å². The lowest BCUT2D eigenvalue weighted by atomic mass is 10.0. The maximum Gasteiger partial charge on any atom is 0.305 e. The van der Waals surface area contributed by atoms with Crippen LogP contribution in [0.4, 0.5) is 0 Å². The summed E-state index contributed by atoms with van der Waals surface area (Å²) in [6.07, 6.45) is 1.57. The number of carbonyl (C=O) groups excluding carboxylic acids is 2. The predicted octanol–water partition coefficient (Wildman–Crippen LogP) is 0.887. The molecule has 0 bridgehead atoms. The summed E-state index contributed by atoms with van der Waals surface area (Å²) in [7, 11) is 3.09. The minimum absolute atomic E-state index is 0.0710. The number of methoxy groups -OCH3 is 1. The molecule has 1 rings (SSSR count). The molecule has 1 atom stereocenters. The molecule has 1 aromatic rings. The maximum absolute atomic E-state index is 11.7. The highest BCUT2D eigenvalue weighted by Crippen LogP contribution is 2.08. The van der Waals surface area contributed by atoms with Gasteiger partial charge in [-0.2, -0.15) is 0 Å². The van der Waals surface area contributed by atoms with Crippen LogP contribution in [0.3, 0.4) is 0 Å². The minimum Gasteiger partial charge on any atom is -0.469 e. The number of likely N-dealkylation sites (N-methyl/N-ethyl adjacent to an activating group) is 1. The molecule has 0 aliphatic heterocycles. The number of carbonyl (C=O) groups is 2. The lowest BCUT2D eigenvalue weighted by molar-refractivity contribution is -0.141. The van der Waals surface area contributed by atoms with E-state index in [1.807, 2.05) is 30.3 Å². The molecular formula is C15H22N2O3. The molecule has 0 aliphatic carbocycles. The van der Waals surface area contributed by atoms with Crippen molar-refractivity contribution >= 4 is 11.9 Å². The van der Waals surface area contributed by atoms with Crippen molar-refractivity contribution in [3.05, 3.63) is 35.9 Å². The first-order valence-corrected chi connectivity index (χ1v) is 6.70.